The summed E-state index contributed by atoms with van der Waals surface area (Å²) in [6, 6.07) is 15.7. The Bertz CT molecular complexity index is 580. The van der Waals surface area contributed by atoms with Gasteiger partial charge in [-0.05, 0) is 77.7 Å². The van der Waals surface area contributed by atoms with Crippen LogP contribution in [0.15, 0.2) is 46.9 Å². The van der Waals surface area contributed by atoms with Gasteiger partial charge in [0.2, 0.25) is 0 Å². The molecule has 0 heterocycles. The Balaban J connectivity index is 2.25. The molecule has 0 spiro atoms. The molecular weight excluding hydrogens is 437 g/mol. The molecule has 1 N–H and O–H groups in total. The largest absolute Gasteiger partial charge is 0.310 e. The van der Waals surface area contributed by atoms with Crippen LogP contribution in [-0.4, -0.2) is 6.54 Å². The van der Waals surface area contributed by atoms with Gasteiger partial charge in [-0.2, -0.15) is 0 Å². The lowest BCUT2D eigenvalue weighted by molar-refractivity contribution is 0.527. The first kappa shape index (κ1) is 17.0. The van der Waals surface area contributed by atoms with E-state index in [0.29, 0.717) is 6.04 Å². The van der Waals surface area contributed by atoms with Crippen molar-refractivity contribution < 1.29 is 0 Å². The van der Waals surface area contributed by atoms with Crippen molar-refractivity contribution in [3.63, 3.8) is 0 Å². The maximum Gasteiger partial charge on any atom is 0.0372 e. The van der Waals surface area contributed by atoms with Crippen LogP contribution in [0.25, 0.3) is 0 Å². The van der Waals surface area contributed by atoms with E-state index < -0.39 is 0 Å². The average Bonchev–Trinajstić information content (AvgIpc) is 2.48. The van der Waals surface area contributed by atoms with Gasteiger partial charge in [0, 0.05) is 14.1 Å². The second-order valence-electron chi connectivity index (χ2n) is 5.32. The summed E-state index contributed by atoms with van der Waals surface area (Å²) in [4.78, 5) is 0. The number of benzene rings is 2. The van der Waals surface area contributed by atoms with Crippen molar-refractivity contribution in [1.29, 1.82) is 0 Å². The van der Waals surface area contributed by atoms with Gasteiger partial charge >= 0.3 is 0 Å². The summed E-state index contributed by atoms with van der Waals surface area (Å²) >= 11 is 6.11. The zero-order valence-electron chi connectivity index (χ0n) is 12.5. The summed E-state index contributed by atoms with van der Waals surface area (Å²) in [5, 5.41) is 3.68. The van der Waals surface area contributed by atoms with E-state index >= 15 is 0 Å². The van der Waals surface area contributed by atoms with Crippen molar-refractivity contribution in [2.24, 2.45) is 0 Å². The van der Waals surface area contributed by atoms with Crippen LogP contribution in [0, 0.1) is 10.5 Å². The number of rotatable bonds is 6. The topological polar surface area (TPSA) is 12.0 Å². The van der Waals surface area contributed by atoms with Crippen molar-refractivity contribution in [3.05, 3.63) is 67.2 Å². The fourth-order valence-electron chi connectivity index (χ4n) is 2.41. The van der Waals surface area contributed by atoms with Crippen LogP contribution in [0.1, 0.15) is 36.1 Å². The highest BCUT2D eigenvalue weighted by Gasteiger charge is 2.15. The number of nitrogens with one attached hydrogen (secondary N) is 1. The van der Waals surface area contributed by atoms with Gasteiger partial charge in [-0.15, -0.1) is 0 Å². The van der Waals surface area contributed by atoms with Crippen molar-refractivity contribution in [3.8, 4) is 0 Å². The highest BCUT2D eigenvalue weighted by Crippen LogP contribution is 2.29. The lowest BCUT2D eigenvalue weighted by atomic mass is 9.97. The molecule has 1 nitrogen and oxygen atoms in total. The summed E-state index contributed by atoms with van der Waals surface area (Å²) in [5.74, 6) is 0. The van der Waals surface area contributed by atoms with Gasteiger partial charge in [-0.25, -0.2) is 0 Å². The molecule has 1 unspecified atom stereocenters. The normalized spacial score (nSPS) is 12.4. The Morgan fingerprint density at radius 1 is 1.14 bits per heavy atom. The summed E-state index contributed by atoms with van der Waals surface area (Å²) in [6.07, 6.45) is 2.16. The minimum absolute atomic E-state index is 0.347. The van der Waals surface area contributed by atoms with Gasteiger partial charge in [-0.3, -0.25) is 0 Å². The molecule has 21 heavy (non-hydrogen) atoms. The van der Waals surface area contributed by atoms with E-state index in [1.807, 2.05) is 0 Å². The van der Waals surface area contributed by atoms with Gasteiger partial charge in [-0.1, -0.05) is 53.2 Å². The summed E-state index contributed by atoms with van der Waals surface area (Å²) in [7, 11) is 0. The molecular formula is C18H21BrIN. The zero-order valence-corrected chi connectivity index (χ0v) is 16.2. The third kappa shape index (κ3) is 4.80. The Morgan fingerprint density at radius 2 is 1.86 bits per heavy atom. The molecule has 2 rings (SSSR count). The Kier molecular flexibility index (Phi) is 6.71. The number of hydrogen-bond acceptors (Lipinski definition) is 1. The standard InChI is InChI=1S/C18H21BrIN/c1-3-11-21-17(12-14-7-9-15(20)10-8-14)16-6-4-5-13(2)18(16)19/h4-10,17,21H,3,11-12H2,1-2H3. The molecule has 0 amide bonds. The smallest absolute Gasteiger partial charge is 0.0372 e. The van der Waals surface area contributed by atoms with Crippen LogP contribution in [0.4, 0.5) is 0 Å². The van der Waals surface area contributed by atoms with Crippen LogP contribution < -0.4 is 5.32 Å². The molecule has 0 aliphatic heterocycles. The van der Waals surface area contributed by atoms with Gasteiger partial charge < -0.3 is 5.32 Å². The summed E-state index contributed by atoms with van der Waals surface area (Å²) in [5.41, 5.74) is 4.01. The Hall–Kier alpha value is -0.390. The second kappa shape index (κ2) is 8.30. The van der Waals surface area contributed by atoms with E-state index in [4.69, 9.17) is 0 Å². The fourth-order valence-corrected chi connectivity index (χ4v) is 3.31. The molecule has 0 saturated carbocycles. The molecule has 1 atom stereocenters. The highest BCUT2D eigenvalue weighted by atomic mass is 127. The fraction of sp³-hybridized carbons (Fsp3) is 0.333. The number of hydrogen-bond donors (Lipinski definition) is 1. The van der Waals surface area contributed by atoms with Crippen LogP contribution in [0.3, 0.4) is 0 Å². The maximum absolute atomic E-state index is 3.76. The molecule has 2 aromatic rings. The summed E-state index contributed by atoms with van der Waals surface area (Å²) in [6.45, 7) is 5.39. The highest BCUT2D eigenvalue weighted by molar-refractivity contribution is 14.1. The lowest BCUT2D eigenvalue weighted by Crippen LogP contribution is -2.24. The van der Waals surface area contributed by atoms with Gasteiger partial charge in [0.05, 0.1) is 0 Å². The van der Waals surface area contributed by atoms with Gasteiger partial charge in [0.15, 0.2) is 0 Å². The van der Waals surface area contributed by atoms with Crippen molar-refractivity contribution in [2.45, 2.75) is 32.7 Å². The predicted molar refractivity (Wildman–Crippen MR) is 103 cm³/mol. The van der Waals surface area contributed by atoms with E-state index in [9.17, 15) is 0 Å². The molecule has 0 saturated heterocycles. The van der Waals surface area contributed by atoms with E-state index in [1.165, 1.54) is 24.7 Å². The Labute approximate surface area is 149 Å². The number of halogens is 2. The van der Waals surface area contributed by atoms with Crippen LogP contribution >= 0.6 is 38.5 Å². The maximum atomic E-state index is 3.76. The van der Waals surface area contributed by atoms with Crippen molar-refractivity contribution in [2.75, 3.05) is 6.54 Å². The molecule has 2 aromatic carbocycles. The third-order valence-electron chi connectivity index (χ3n) is 3.59. The molecule has 0 fully saturated rings. The van der Waals surface area contributed by atoms with Crippen LogP contribution in [0.5, 0.6) is 0 Å². The monoisotopic (exact) mass is 457 g/mol. The predicted octanol–water partition coefficient (Wildman–Crippen LogP) is 5.65. The SMILES string of the molecule is CCCNC(Cc1ccc(I)cc1)c1cccc(C)c1Br. The molecule has 0 aliphatic carbocycles. The minimum atomic E-state index is 0.347. The third-order valence-corrected chi connectivity index (χ3v) is 5.39. The molecule has 0 aliphatic rings. The molecule has 3 heteroatoms. The lowest BCUT2D eigenvalue weighted by Gasteiger charge is -2.21. The van der Waals surface area contributed by atoms with Crippen molar-refractivity contribution >= 4 is 38.5 Å². The zero-order chi connectivity index (χ0) is 15.2. The van der Waals surface area contributed by atoms with E-state index in [0.717, 1.165) is 19.4 Å². The van der Waals surface area contributed by atoms with Crippen LogP contribution in [-0.2, 0) is 6.42 Å². The molecule has 0 bridgehead atoms. The van der Waals surface area contributed by atoms with E-state index in [2.05, 4.69) is 100 Å². The second-order valence-corrected chi connectivity index (χ2v) is 7.35. The van der Waals surface area contributed by atoms with Crippen molar-refractivity contribution in [1.82, 2.24) is 5.32 Å². The van der Waals surface area contributed by atoms with E-state index in [-0.39, 0.29) is 0 Å². The minimum Gasteiger partial charge on any atom is -0.310 e. The Morgan fingerprint density at radius 3 is 2.52 bits per heavy atom. The number of aryl methyl sites for hydroxylation is 1. The molecule has 112 valence electrons. The first-order chi connectivity index (χ1) is 10.1. The average molecular weight is 458 g/mol. The first-order valence-electron chi connectivity index (χ1n) is 7.34. The van der Waals surface area contributed by atoms with Gasteiger partial charge in [0.1, 0.15) is 0 Å². The van der Waals surface area contributed by atoms with E-state index in [1.54, 1.807) is 0 Å². The quantitative estimate of drug-likeness (QED) is 0.553. The summed E-state index contributed by atoms with van der Waals surface area (Å²) < 4.78 is 2.51. The molecule has 0 radical (unpaired) electrons. The molecule has 0 aromatic heterocycles. The van der Waals surface area contributed by atoms with Crippen LogP contribution in [0.2, 0.25) is 0 Å². The van der Waals surface area contributed by atoms with Gasteiger partial charge in [0.25, 0.3) is 0 Å². The first-order valence-corrected chi connectivity index (χ1v) is 9.21.